The third kappa shape index (κ3) is 2.97. The molecule has 1 aromatic rings. The van der Waals surface area contributed by atoms with Crippen LogP contribution in [-0.4, -0.2) is 12.5 Å². The van der Waals surface area contributed by atoms with Gasteiger partial charge in [-0.3, -0.25) is 4.79 Å². The maximum Gasteiger partial charge on any atom is 0.227 e. The number of hydrogen-bond acceptors (Lipinski definition) is 2. The molecule has 0 unspecified atom stereocenters. The van der Waals surface area contributed by atoms with Gasteiger partial charge in [-0.2, -0.15) is 0 Å². The second kappa shape index (κ2) is 6.29. The Morgan fingerprint density at radius 1 is 1.10 bits per heavy atom. The molecule has 1 amide bonds. The van der Waals surface area contributed by atoms with Gasteiger partial charge in [0.05, 0.1) is 11.4 Å². The second-order valence-corrected chi connectivity index (χ2v) is 6.05. The van der Waals surface area contributed by atoms with Crippen LogP contribution < -0.4 is 10.6 Å². The summed E-state index contributed by atoms with van der Waals surface area (Å²) in [6.45, 7) is 1.00. The van der Waals surface area contributed by atoms with Gasteiger partial charge in [-0.25, -0.2) is 0 Å². The van der Waals surface area contributed by atoms with Crippen LogP contribution in [0, 0.1) is 5.92 Å². The van der Waals surface area contributed by atoms with Crippen molar-refractivity contribution in [1.82, 2.24) is 0 Å². The summed E-state index contributed by atoms with van der Waals surface area (Å²) in [5.74, 6) is 0.421. The minimum Gasteiger partial charge on any atom is -0.383 e. The number of carbonyl (C=O) groups excluding carboxylic acids is 1. The number of benzene rings is 1. The van der Waals surface area contributed by atoms with Gasteiger partial charge in [-0.05, 0) is 37.3 Å². The fraction of sp³-hybridized carbons (Fsp3) is 0.588. The van der Waals surface area contributed by atoms with Crippen LogP contribution in [0.2, 0.25) is 0 Å². The van der Waals surface area contributed by atoms with E-state index in [2.05, 4.69) is 22.8 Å². The fourth-order valence-corrected chi connectivity index (χ4v) is 3.39. The first-order valence-corrected chi connectivity index (χ1v) is 8.01. The Bertz CT molecular complexity index is 476. The monoisotopic (exact) mass is 272 g/mol. The van der Waals surface area contributed by atoms with E-state index < -0.39 is 0 Å². The van der Waals surface area contributed by atoms with E-state index in [1.807, 2.05) is 6.07 Å². The van der Waals surface area contributed by atoms with Gasteiger partial charge in [0.25, 0.3) is 0 Å². The SMILES string of the molecule is O=C(Nc1cccc2c1NCCC2)C1CCCCCC1. The number of amides is 1. The summed E-state index contributed by atoms with van der Waals surface area (Å²) >= 11 is 0. The van der Waals surface area contributed by atoms with Crippen molar-refractivity contribution in [2.24, 2.45) is 5.92 Å². The normalized spacial score (nSPS) is 19.6. The van der Waals surface area contributed by atoms with Crippen molar-refractivity contribution in [3.8, 4) is 0 Å². The van der Waals surface area contributed by atoms with E-state index in [1.54, 1.807) is 0 Å². The smallest absolute Gasteiger partial charge is 0.227 e. The number of para-hydroxylation sites is 1. The second-order valence-electron chi connectivity index (χ2n) is 6.05. The highest BCUT2D eigenvalue weighted by Gasteiger charge is 2.21. The number of aryl methyl sites for hydroxylation is 1. The molecule has 1 heterocycles. The molecule has 3 rings (SSSR count). The van der Waals surface area contributed by atoms with Gasteiger partial charge < -0.3 is 10.6 Å². The fourth-order valence-electron chi connectivity index (χ4n) is 3.39. The van der Waals surface area contributed by atoms with E-state index in [9.17, 15) is 4.79 Å². The molecule has 2 aliphatic rings. The van der Waals surface area contributed by atoms with Crippen LogP contribution in [0.15, 0.2) is 18.2 Å². The lowest BCUT2D eigenvalue weighted by Gasteiger charge is -2.22. The van der Waals surface area contributed by atoms with Gasteiger partial charge >= 0.3 is 0 Å². The summed E-state index contributed by atoms with van der Waals surface area (Å²) in [5, 5.41) is 6.60. The van der Waals surface area contributed by atoms with Crippen LogP contribution in [0.3, 0.4) is 0 Å². The Hall–Kier alpha value is -1.51. The molecule has 2 N–H and O–H groups in total. The molecular formula is C17H24N2O. The van der Waals surface area contributed by atoms with E-state index in [-0.39, 0.29) is 11.8 Å². The van der Waals surface area contributed by atoms with E-state index in [0.717, 1.165) is 37.2 Å². The maximum absolute atomic E-state index is 12.5. The summed E-state index contributed by atoms with van der Waals surface area (Å²) in [6, 6.07) is 6.23. The largest absolute Gasteiger partial charge is 0.383 e. The molecule has 0 radical (unpaired) electrons. The average molecular weight is 272 g/mol. The van der Waals surface area contributed by atoms with Crippen molar-refractivity contribution in [1.29, 1.82) is 0 Å². The van der Waals surface area contributed by atoms with Crippen LogP contribution >= 0.6 is 0 Å². The lowest BCUT2D eigenvalue weighted by Crippen LogP contribution is -2.24. The first-order chi connectivity index (χ1) is 9.84. The number of carbonyl (C=O) groups is 1. The highest BCUT2D eigenvalue weighted by molar-refractivity contribution is 5.96. The maximum atomic E-state index is 12.5. The van der Waals surface area contributed by atoms with Crippen LogP contribution in [0.25, 0.3) is 0 Å². The molecule has 1 aliphatic carbocycles. The first-order valence-electron chi connectivity index (χ1n) is 8.01. The van der Waals surface area contributed by atoms with E-state index in [4.69, 9.17) is 0 Å². The van der Waals surface area contributed by atoms with E-state index in [1.165, 1.54) is 37.7 Å². The standard InChI is InChI=1S/C17H24N2O/c20-17(14-7-3-1-2-4-8-14)19-15-11-5-9-13-10-6-12-18-16(13)15/h5,9,11,14,18H,1-4,6-8,10,12H2,(H,19,20). The zero-order chi connectivity index (χ0) is 13.8. The molecule has 1 fully saturated rings. The lowest BCUT2D eigenvalue weighted by atomic mass is 9.98. The highest BCUT2D eigenvalue weighted by atomic mass is 16.1. The molecule has 0 bridgehead atoms. The minimum atomic E-state index is 0.206. The topological polar surface area (TPSA) is 41.1 Å². The van der Waals surface area contributed by atoms with Crippen LogP contribution in [0.5, 0.6) is 0 Å². The Morgan fingerprint density at radius 2 is 1.90 bits per heavy atom. The summed E-state index contributed by atoms with van der Waals surface area (Å²) < 4.78 is 0. The van der Waals surface area contributed by atoms with Gasteiger partial charge in [0, 0.05) is 12.5 Å². The van der Waals surface area contributed by atoms with Crippen molar-refractivity contribution in [3.05, 3.63) is 23.8 Å². The molecule has 108 valence electrons. The third-order valence-electron chi connectivity index (χ3n) is 4.56. The summed E-state index contributed by atoms with van der Waals surface area (Å²) in [5.41, 5.74) is 3.44. The Labute approximate surface area is 121 Å². The van der Waals surface area contributed by atoms with Gasteiger partial charge in [0.2, 0.25) is 5.91 Å². The number of hydrogen-bond donors (Lipinski definition) is 2. The Kier molecular flexibility index (Phi) is 4.24. The van der Waals surface area contributed by atoms with Gasteiger partial charge in [0.1, 0.15) is 0 Å². The van der Waals surface area contributed by atoms with Crippen molar-refractivity contribution in [2.45, 2.75) is 51.4 Å². The molecule has 1 saturated carbocycles. The van der Waals surface area contributed by atoms with Crippen molar-refractivity contribution in [3.63, 3.8) is 0 Å². The van der Waals surface area contributed by atoms with E-state index in [0.29, 0.717) is 0 Å². The van der Waals surface area contributed by atoms with Crippen molar-refractivity contribution < 1.29 is 4.79 Å². The molecule has 0 spiro atoms. The molecule has 1 aromatic carbocycles. The number of rotatable bonds is 2. The lowest BCUT2D eigenvalue weighted by molar-refractivity contribution is -0.120. The van der Waals surface area contributed by atoms with Gasteiger partial charge in [0.15, 0.2) is 0 Å². The molecule has 3 heteroatoms. The first kappa shape index (κ1) is 13.5. The highest BCUT2D eigenvalue weighted by Crippen LogP contribution is 2.31. The van der Waals surface area contributed by atoms with Crippen LogP contribution in [0.1, 0.15) is 50.5 Å². The van der Waals surface area contributed by atoms with E-state index >= 15 is 0 Å². The third-order valence-corrected chi connectivity index (χ3v) is 4.56. The Balaban J connectivity index is 1.72. The zero-order valence-electron chi connectivity index (χ0n) is 12.1. The van der Waals surface area contributed by atoms with Crippen LogP contribution in [0.4, 0.5) is 11.4 Å². The molecule has 20 heavy (non-hydrogen) atoms. The molecule has 1 aliphatic heterocycles. The molecule has 3 nitrogen and oxygen atoms in total. The molecule has 0 aromatic heterocycles. The van der Waals surface area contributed by atoms with Gasteiger partial charge in [-0.1, -0.05) is 37.8 Å². The molecular weight excluding hydrogens is 248 g/mol. The number of fused-ring (bicyclic) bond motifs is 1. The van der Waals surface area contributed by atoms with Crippen molar-refractivity contribution in [2.75, 3.05) is 17.2 Å². The molecule has 0 saturated heterocycles. The number of anilines is 2. The quantitative estimate of drug-likeness (QED) is 0.800. The van der Waals surface area contributed by atoms with Crippen molar-refractivity contribution >= 4 is 17.3 Å². The minimum absolute atomic E-state index is 0.206. The van der Waals surface area contributed by atoms with Crippen LogP contribution in [-0.2, 0) is 11.2 Å². The predicted octanol–water partition coefficient (Wildman–Crippen LogP) is 3.95. The summed E-state index contributed by atoms with van der Waals surface area (Å²) in [7, 11) is 0. The molecule has 0 atom stereocenters. The average Bonchev–Trinajstić information content (AvgIpc) is 2.77. The van der Waals surface area contributed by atoms with Gasteiger partial charge in [-0.15, -0.1) is 0 Å². The predicted molar refractivity (Wildman–Crippen MR) is 83.1 cm³/mol. The number of nitrogens with one attached hydrogen (secondary N) is 2. The Morgan fingerprint density at radius 3 is 2.70 bits per heavy atom. The summed E-state index contributed by atoms with van der Waals surface area (Å²) in [6.07, 6.45) is 9.34. The summed E-state index contributed by atoms with van der Waals surface area (Å²) in [4.78, 5) is 12.5. The zero-order valence-corrected chi connectivity index (χ0v) is 12.1.